The normalized spacial score (nSPS) is 16.3. The Labute approximate surface area is 115 Å². The molecule has 0 atom stereocenters. The quantitative estimate of drug-likeness (QED) is 0.840. The number of piperazine rings is 1. The molecule has 0 aromatic heterocycles. The van der Waals surface area contributed by atoms with E-state index in [0.29, 0.717) is 11.3 Å². The minimum atomic E-state index is 0.628. The van der Waals surface area contributed by atoms with Gasteiger partial charge >= 0.3 is 0 Å². The maximum absolute atomic E-state index is 8.85. The summed E-state index contributed by atoms with van der Waals surface area (Å²) in [4.78, 5) is 4.83. The average molecular weight is 258 g/mol. The monoisotopic (exact) mass is 258 g/mol. The molecule has 2 rings (SSSR count). The molecule has 0 amide bonds. The number of anilines is 2. The minimum absolute atomic E-state index is 0.628. The Bertz CT molecular complexity index is 456. The van der Waals surface area contributed by atoms with Crippen molar-refractivity contribution in [2.75, 3.05) is 43.4 Å². The van der Waals surface area contributed by atoms with Gasteiger partial charge in [0.25, 0.3) is 0 Å². The SMILES string of the molecule is CCCCN1CCN(c2ccc(C#N)cc2N)CC1. The first-order chi connectivity index (χ1) is 9.24. The van der Waals surface area contributed by atoms with Crippen molar-refractivity contribution in [2.24, 2.45) is 0 Å². The van der Waals surface area contributed by atoms with Crippen molar-refractivity contribution in [1.29, 1.82) is 5.26 Å². The standard InChI is InChI=1S/C15H22N4/c1-2-3-6-18-7-9-19(10-8-18)15-5-4-13(12-16)11-14(15)17/h4-5,11H,2-3,6-10,17H2,1H3. The number of nitriles is 1. The lowest BCUT2D eigenvalue weighted by atomic mass is 10.1. The Balaban J connectivity index is 1.96. The molecule has 1 heterocycles. The van der Waals surface area contributed by atoms with E-state index in [4.69, 9.17) is 11.0 Å². The van der Waals surface area contributed by atoms with E-state index in [2.05, 4.69) is 22.8 Å². The summed E-state index contributed by atoms with van der Waals surface area (Å²) in [7, 11) is 0. The van der Waals surface area contributed by atoms with E-state index >= 15 is 0 Å². The van der Waals surface area contributed by atoms with Crippen LogP contribution in [0.2, 0.25) is 0 Å². The first kappa shape index (κ1) is 13.7. The Morgan fingerprint density at radius 1 is 1.26 bits per heavy atom. The van der Waals surface area contributed by atoms with Crippen LogP contribution in [0.3, 0.4) is 0 Å². The van der Waals surface area contributed by atoms with Crippen molar-refractivity contribution in [2.45, 2.75) is 19.8 Å². The molecule has 4 nitrogen and oxygen atoms in total. The highest BCUT2D eigenvalue weighted by molar-refractivity contribution is 5.69. The Kier molecular flexibility index (Phi) is 4.64. The van der Waals surface area contributed by atoms with Gasteiger partial charge in [0, 0.05) is 26.2 Å². The van der Waals surface area contributed by atoms with Crippen LogP contribution in [-0.4, -0.2) is 37.6 Å². The second kappa shape index (κ2) is 6.44. The molecule has 0 saturated carbocycles. The molecule has 19 heavy (non-hydrogen) atoms. The number of nitrogens with two attached hydrogens (primary N) is 1. The maximum Gasteiger partial charge on any atom is 0.0992 e. The fraction of sp³-hybridized carbons (Fsp3) is 0.533. The largest absolute Gasteiger partial charge is 0.397 e. The molecular formula is C15H22N4. The third-order valence-electron chi connectivity index (χ3n) is 3.70. The van der Waals surface area contributed by atoms with E-state index in [-0.39, 0.29) is 0 Å². The summed E-state index contributed by atoms with van der Waals surface area (Å²) in [5.41, 5.74) is 8.44. The van der Waals surface area contributed by atoms with Crippen molar-refractivity contribution in [3.05, 3.63) is 23.8 Å². The molecule has 0 spiro atoms. The van der Waals surface area contributed by atoms with Crippen molar-refractivity contribution in [1.82, 2.24) is 4.90 Å². The highest BCUT2D eigenvalue weighted by atomic mass is 15.3. The van der Waals surface area contributed by atoms with Crippen LogP contribution >= 0.6 is 0 Å². The number of nitrogen functional groups attached to an aromatic ring is 1. The Morgan fingerprint density at radius 3 is 2.58 bits per heavy atom. The smallest absolute Gasteiger partial charge is 0.0992 e. The molecule has 1 aromatic carbocycles. The lowest BCUT2D eigenvalue weighted by Gasteiger charge is -2.36. The highest BCUT2D eigenvalue weighted by Crippen LogP contribution is 2.25. The molecule has 2 N–H and O–H groups in total. The number of nitrogens with zero attached hydrogens (tertiary/aromatic N) is 3. The second-order valence-electron chi connectivity index (χ2n) is 5.07. The van der Waals surface area contributed by atoms with Crippen LogP contribution in [0.5, 0.6) is 0 Å². The van der Waals surface area contributed by atoms with Gasteiger partial charge in [-0.3, -0.25) is 4.90 Å². The van der Waals surface area contributed by atoms with Crippen LogP contribution in [0.1, 0.15) is 25.3 Å². The van der Waals surface area contributed by atoms with E-state index in [1.54, 1.807) is 6.07 Å². The molecule has 1 aromatic rings. The van der Waals surface area contributed by atoms with E-state index in [0.717, 1.165) is 31.9 Å². The van der Waals surface area contributed by atoms with Gasteiger partial charge in [-0.1, -0.05) is 13.3 Å². The van der Waals surface area contributed by atoms with Crippen LogP contribution in [-0.2, 0) is 0 Å². The average Bonchev–Trinajstić information content (AvgIpc) is 2.45. The van der Waals surface area contributed by atoms with Crippen LogP contribution in [0, 0.1) is 11.3 Å². The van der Waals surface area contributed by atoms with Gasteiger partial charge in [0.05, 0.1) is 23.0 Å². The minimum Gasteiger partial charge on any atom is -0.397 e. The summed E-state index contributed by atoms with van der Waals surface area (Å²) in [6.45, 7) is 7.65. The van der Waals surface area contributed by atoms with Crippen molar-refractivity contribution >= 4 is 11.4 Å². The Morgan fingerprint density at radius 2 is 2.00 bits per heavy atom. The third-order valence-corrected chi connectivity index (χ3v) is 3.70. The van der Waals surface area contributed by atoms with Crippen molar-refractivity contribution in [3.63, 3.8) is 0 Å². The topological polar surface area (TPSA) is 56.3 Å². The summed E-state index contributed by atoms with van der Waals surface area (Å²) in [5.74, 6) is 0. The predicted octanol–water partition coefficient (Wildman–Crippen LogP) is 2.06. The zero-order valence-electron chi connectivity index (χ0n) is 11.6. The molecule has 1 aliphatic rings. The summed E-state index contributed by atoms with van der Waals surface area (Å²) in [6, 6.07) is 7.69. The fourth-order valence-electron chi connectivity index (χ4n) is 2.51. The molecule has 0 aliphatic carbocycles. The molecule has 0 bridgehead atoms. The molecule has 1 saturated heterocycles. The van der Waals surface area contributed by atoms with Gasteiger partial charge in [-0.15, -0.1) is 0 Å². The lowest BCUT2D eigenvalue weighted by molar-refractivity contribution is 0.254. The number of unbranched alkanes of at least 4 members (excludes halogenated alkanes) is 1. The van der Waals surface area contributed by atoms with Crippen molar-refractivity contribution < 1.29 is 0 Å². The van der Waals surface area contributed by atoms with Gasteiger partial charge < -0.3 is 10.6 Å². The zero-order valence-corrected chi connectivity index (χ0v) is 11.6. The highest BCUT2D eigenvalue weighted by Gasteiger charge is 2.18. The number of benzene rings is 1. The molecule has 4 heteroatoms. The molecule has 0 unspecified atom stereocenters. The van der Waals surface area contributed by atoms with Crippen LogP contribution < -0.4 is 10.6 Å². The number of hydrogen-bond acceptors (Lipinski definition) is 4. The molecular weight excluding hydrogens is 236 g/mol. The first-order valence-electron chi connectivity index (χ1n) is 7.01. The van der Waals surface area contributed by atoms with E-state index in [1.165, 1.54) is 19.4 Å². The summed E-state index contributed by atoms with van der Waals surface area (Å²) in [5, 5.41) is 8.85. The first-order valence-corrected chi connectivity index (χ1v) is 7.01. The van der Waals surface area contributed by atoms with Gasteiger partial charge in [-0.2, -0.15) is 5.26 Å². The summed E-state index contributed by atoms with van der Waals surface area (Å²) in [6.07, 6.45) is 2.53. The Hall–Kier alpha value is -1.73. The van der Waals surface area contributed by atoms with E-state index in [9.17, 15) is 0 Å². The van der Waals surface area contributed by atoms with Gasteiger partial charge in [0.15, 0.2) is 0 Å². The van der Waals surface area contributed by atoms with E-state index < -0.39 is 0 Å². The number of rotatable bonds is 4. The number of hydrogen-bond donors (Lipinski definition) is 1. The third kappa shape index (κ3) is 3.39. The summed E-state index contributed by atoms with van der Waals surface area (Å²) >= 11 is 0. The second-order valence-corrected chi connectivity index (χ2v) is 5.07. The van der Waals surface area contributed by atoms with Crippen LogP contribution in [0.25, 0.3) is 0 Å². The van der Waals surface area contributed by atoms with Crippen LogP contribution in [0.4, 0.5) is 11.4 Å². The summed E-state index contributed by atoms with van der Waals surface area (Å²) < 4.78 is 0. The fourth-order valence-corrected chi connectivity index (χ4v) is 2.51. The van der Waals surface area contributed by atoms with E-state index in [1.807, 2.05) is 12.1 Å². The van der Waals surface area contributed by atoms with Gasteiger partial charge in [-0.05, 0) is 31.2 Å². The zero-order chi connectivity index (χ0) is 13.7. The van der Waals surface area contributed by atoms with Gasteiger partial charge in [0.2, 0.25) is 0 Å². The van der Waals surface area contributed by atoms with Crippen LogP contribution in [0.15, 0.2) is 18.2 Å². The predicted molar refractivity (Wildman–Crippen MR) is 79.1 cm³/mol. The maximum atomic E-state index is 8.85. The molecule has 102 valence electrons. The van der Waals surface area contributed by atoms with Gasteiger partial charge in [0.1, 0.15) is 0 Å². The molecule has 0 radical (unpaired) electrons. The van der Waals surface area contributed by atoms with Crippen molar-refractivity contribution in [3.8, 4) is 6.07 Å². The van der Waals surface area contributed by atoms with Gasteiger partial charge in [-0.25, -0.2) is 0 Å². The molecule has 1 fully saturated rings. The molecule has 1 aliphatic heterocycles. The lowest BCUT2D eigenvalue weighted by Crippen LogP contribution is -2.46.